The standard InChI is InChI=1S/C11H12Br2F3NO2.ClH/c1-19-7-4-5(8(12)9(13)10(7)18)6(17)2-3-11(14,15)16;/h4,6,18H,2-3,17H2,1H3;1H/t6-;/m1./s1. The van der Waals surface area contributed by atoms with Crippen LogP contribution in [0.1, 0.15) is 24.4 Å². The molecule has 0 aromatic heterocycles. The van der Waals surface area contributed by atoms with E-state index in [0.29, 0.717) is 14.5 Å². The highest BCUT2D eigenvalue weighted by Crippen LogP contribution is 2.44. The number of alkyl halides is 3. The molecule has 116 valence electrons. The summed E-state index contributed by atoms with van der Waals surface area (Å²) in [4.78, 5) is 0. The largest absolute Gasteiger partial charge is 0.503 e. The maximum atomic E-state index is 12.2. The number of phenolic OH excluding ortho intramolecular Hbond substituents is 1. The van der Waals surface area contributed by atoms with Crippen molar-refractivity contribution < 1.29 is 23.0 Å². The number of hydrogen-bond donors (Lipinski definition) is 2. The van der Waals surface area contributed by atoms with Gasteiger partial charge in [0.05, 0.1) is 11.6 Å². The second kappa shape index (κ2) is 7.72. The first-order valence-electron chi connectivity index (χ1n) is 5.24. The van der Waals surface area contributed by atoms with Gasteiger partial charge in [0.2, 0.25) is 0 Å². The molecule has 3 nitrogen and oxygen atoms in total. The zero-order valence-electron chi connectivity index (χ0n) is 10.3. The van der Waals surface area contributed by atoms with E-state index in [-0.39, 0.29) is 30.3 Å². The van der Waals surface area contributed by atoms with Gasteiger partial charge in [0.25, 0.3) is 0 Å². The van der Waals surface area contributed by atoms with Crippen molar-refractivity contribution >= 4 is 44.3 Å². The Morgan fingerprint density at radius 2 is 1.90 bits per heavy atom. The van der Waals surface area contributed by atoms with Crippen LogP contribution < -0.4 is 10.5 Å². The molecular weight excluding hydrogens is 430 g/mol. The fourth-order valence-electron chi connectivity index (χ4n) is 1.51. The molecule has 1 atom stereocenters. The number of phenols is 1. The van der Waals surface area contributed by atoms with Gasteiger partial charge in [-0.3, -0.25) is 0 Å². The van der Waals surface area contributed by atoms with Crippen molar-refractivity contribution in [3.63, 3.8) is 0 Å². The molecule has 0 radical (unpaired) electrons. The highest BCUT2D eigenvalue weighted by Gasteiger charge is 2.29. The molecule has 0 bridgehead atoms. The summed E-state index contributed by atoms with van der Waals surface area (Å²) in [5.74, 6) is 0.00804. The van der Waals surface area contributed by atoms with E-state index >= 15 is 0 Å². The van der Waals surface area contributed by atoms with Crippen LogP contribution in [0.15, 0.2) is 15.0 Å². The minimum Gasteiger partial charge on any atom is -0.503 e. The fraction of sp³-hybridized carbons (Fsp3) is 0.455. The summed E-state index contributed by atoms with van der Waals surface area (Å²) in [6.07, 6.45) is -5.47. The number of methoxy groups -OCH3 is 1. The molecule has 0 heterocycles. The number of rotatable bonds is 4. The molecule has 0 aliphatic heterocycles. The molecular formula is C11H13Br2ClF3NO2. The summed E-state index contributed by atoms with van der Waals surface area (Å²) in [5.41, 5.74) is 6.19. The van der Waals surface area contributed by atoms with Crippen LogP contribution in [0.5, 0.6) is 11.5 Å². The average molecular weight is 443 g/mol. The van der Waals surface area contributed by atoms with Gasteiger partial charge >= 0.3 is 6.18 Å². The van der Waals surface area contributed by atoms with Crippen molar-refractivity contribution in [1.29, 1.82) is 0 Å². The summed E-state index contributed by atoms with van der Waals surface area (Å²) in [6.45, 7) is 0. The van der Waals surface area contributed by atoms with Crippen LogP contribution in [0, 0.1) is 0 Å². The third-order valence-corrected chi connectivity index (χ3v) is 4.69. The molecule has 1 rings (SSSR count). The summed E-state index contributed by atoms with van der Waals surface area (Å²) in [7, 11) is 1.35. The smallest absolute Gasteiger partial charge is 0.389 e. The maximum absolute atomic E-state index is 12.2. The van der Waals surface area contributed by atoms with Gasteiger partial charge in [-0.25, -0.2) is 0 Å². The molecule has 0 unspecified atom stereocenters. The average Bonchev–Trinajstić information content (AvgIpc) is 2.33. The van der Waals surface area contributed by atoms with E-state index in [4.69, 9.17) is 10.5 Å². The van der Waals surface area contributed by atoms with Crippen molar-refractivity contribution in [2.45, 2.75) is 25.1 Å². The summed E-state index contributed by atoms with van der Waals surface area (Å²) >= 11 is 6.32. The molecule has 9 heteroatoms. The molecule has 0 aliphatic rings. The fourth-order valence-corrected chi connectivity index (χ4v) is 2.53. The molecule has 0 spiro atoms. The Hall–Kier alpha value is -0.180. The first kappa shape index (κ1) is 19.8. The third kappa shape index (κ3) is 4.98. The van der Waals surface area contributed by atoms with Gasteiger partial charge in [-0.1, -0.05) is 0 Å². The highest BCUT2D eigenvalue weighted by atomic mass is 79.9. The molecule has 20 heavy (non-hydrogen) atoms. The quantitative estimate of drug-likeness (QED) is 0.710. The van der Waals surface area contributed by atoms with E-state index in [2.05, 4.69) is 31.9 Å². The van der Waals surface area contributed by atoms with Gasteiger partial charge < -0.3 is 15.6 Å². The molecule has 1 aromatic carbocycles. The monoisotopic (exact) mass is 441 g/mol. The first-order chi connectivity index (χ1) is 8.67. The number of aromatic hydroxyl groups is 1. The molecule has 0 saturated carbocycles. The zero-order chi connectivity index (χ0) is 14.8. The molecule has 0 aliphatic carbocycles. The molecule has 1 aromatic rings. The van der Waals surface area contributed by atoms with Crippen molar-refractivity contribution in [3.8, 4) is 11.5 Å². The lowest BCUT2D eigenvalue weighted by atomic mass is 10.0. The Morgan fingerprint density at radius 1 is 1.35 bits per heavy atom. The highest BCUT2D eigenvalue weighted by molar-refractivity contribution is 9.13. The number of ether oxygens (including phenoxy) is 1. The van der Waals surface area contributed by atoms with Crippen LogP contribution >= 0.6 is 44.3 Å². The van der Waals surface area contributed by atoms with Crippen LogP contribution in [0.4, 0.5) is 13.2 Å². The summed E-state index contributed by atoms with van der Waals surface area (Å²) < 4.78 is 42.2. The van der Waals surface area contributed by atoms with Gasteiger partial charge in [-0.05, 0) is 49.9 Å². The van der Waals surface area contributed by atoms with Gasteiger partial charge in [0, 0.05) is 16.9 Å². The second-order valence-corrected chi connectivity index (χ2v) is 5.49. The van der Waals surface area contributed by atoms with E-state index in [0.717, 1.165) is 0 Å². The van der Waals surface area contributed by atoms with Crippen LogP contribution in [0.3, 0.4) is 0 Å². The maximum Gasteiger partial charge on any atom is 0.389 e. The lowest BCUT2D eigenvalue weighted by molar-refractivity contribution is -0.136. The minimum absolute atomic E-state index is 0. The van der Waals surface area contributed by atoms with Crippen molar-refractivity contribution in [2.24, 2.45) is 5.73 Å². The number of halogens is 6. The van der Waals surface area contributed by atoms with Gasteiger partial charge in [0.1, 0.15) is 0 Å². The minimum atomic E-state index is -4.25. The lowest BCUT2D eigenvalue weighted by Crippen LogP contribution is -2.16. The summed E-state index contributed by atoms with van der Waals surface area (Å²) in [5, 5.41) is 9.72. The predicted octanol–water partition coefficient (Wildman–Crippen LogP) is 4.69. The normalized spacial score (nSPS) is 12.8. The van der Waals surface area contributed by atoms with Gasteiger partial charge in [-0.15, -0.1) is 12.4 Å². The van der Waals surface area contributed by atoms with E-state index < -0.39 is 18.6 Å². The number of hydrogen-bond acceptors (Lipinski definition) is 3. The van der Waals surface area contributed by atoms with Crippen LogP contribution in [-0.2, 0) is 0 Å². The molecule has 0 saturated heterocycles. The third-order valence-electron chi connectivity index (χ3n) is 2.53. The Balaban J connectivity index is 0.00000361. The number of benzene rings is 1. The van der Waals surface area contributed by atoms with Crippen LogP contribution in [-0.4, -0.2) is 18.4 Å². The molecule has 0 fully saturated rings. The van der Waals surface area contributed by atoms with Crippen molar-refractivity contribution in [2.75, 3.05) is 7.11 Å². The predicted molar refractivity (Wildman–Crippen MR) is 79.5 cm³/mol. The van der Waals surface area contributed by atoms with Crippen molar-refractivity contribution in [1.82, 2.24) is 0 Å². The Bertz CT molecular complexity index is 472. The van der Waals surface area contributed by atoms with Gasteiger partial charge in [0.15, 0.2) is 11.5 Å². The number of nitrogens with two attached hydrogens (primary N) is 1. The summed E-state index contributed by atoms with van der Waals surface area (Å²) in [6, 6.07) is 0.604. The van der Waals surface area contributed by atoms with Crippen LogP contribution in [0.2, 0.25) is 0 Å². The second-order valence-electron chi connectivity index (χ2n) is 3.90. The van der Waals surface area contributed by atoms with E-state index in [1.165, 1.54) is 13.2 Å². The molecule has 3 N–H and O–H groups in total. The molecule has 0 amide bonds. The van der Waals surface area contributed by atoms with E-state index in [1.807, 2.05) is 0 Å². The lowest BCUT2D eigenvalue weighted by Gasteiger charge is -2.18. The topological polar surface area (TPSA) is 55.5 Å². The van der Waals surface area contributed by atoms with Crippen LogP contribution in [0.25, 0.3) is 0 Å². The first-order valence-corrected chi connectivity index (χ1v) is 6.83. The van der Waals surface area contributed by atoms with Gasteiger partial charge in [-0.2, -0.15) is 13.2 Å². The van der Waals surface area contributed by atoms with E-state index in [9.17, 15) is 18.3 Å². The Kier molecular flexibility index (Phi) is 7.65. The Labute approximate surface area is 137 Å². The van der Waals surface area contributed by atoms with E-state index in [1.54, 1.807) is 0 Å². The Morgan fingerprint density at radius 3 is 2.35 bits per heavy atom. The van der Waals surface area contributed by atoms with Crippen molar-refractivity contribution in [3.05, 3.63) is 20.6 Å². The zero-order valence-corrected chi connectivity index (χ0v) is 14.3. The SMILES string of the molecule is COc1cc([C@H](N)CCC(F)(F)F)c(Br)c(Br)c1O.Cl.